The van der Waals surface area contributed by atoms with Crippen molar-refractivity contribution in [3.63, 3.8) is 0 Å². The van der Waals surface area contributed by atoms with Crippen molar-refractivity contribution >= 4 is 17.4 Å². The Morgan fingerprint density at radius 2 is 2.21 bits per heavy atom. The molecule has 0 amide bonds. The predicted octanol–water partition coefficient (Wildman–Crippen LogP) is 1.20. The molecule has 0 aliphatic rings. The first kappa shape index (κ1) is 11.0. The third-order valence-electron chi connectivity index (χ3n) is 1.56. The normalized spacial score (nSPS) is 9.93. The maximum Gasteiger partial charge on any atom is 0.198 e. The standard InChI is InChI=1S/C8H12ClN3O2/c1-13-4-3-10-8-6(14-2)7(9)11-5-12-8/h5H,3-4H2,1-2H3,(H,10,11,12). The minimum Gasteiger partial charge on any atom is -0.490 e. The molecule has 0 radical (unpaired) electrons. The van der Waals surface area contributed by atoms with Crippen LogP contribution >= 0.6 is 11.6 Å². The summed E-state index contributed by atoms with van der Waals surface area (Å²) in [5, 5.41) is 3.31. The smallest absolute Gasteiger partial charge is 0.198 e. The van der Waals surface area contributed by atoms with Crippen molar-refractivity contribution in [3.8, 4) is 5.75 Å². The van der Waals surface area contributed by atoms with Gasteiger partial charge in [0.05, 0.1) is 13.7 Å². The topological polar surface area (TPSA) is 56.3 Å². The highest BCUT2D eigenvalue weighted by Gasteiger charge is 2.08. The zero-order valence-corrected chi connectivity index (χ0v) is 8.84. The lowest BCUT2D eigenvalue weighted by Gasteiger charge is -2.09. The van der Waals surface area contributed by atoms with Crippen molar-refractivity contribution in [1.82, 2.24) is 9.97 Å². The summed E-state index contributed by atoms with van der Waals surface area (Å²) >= 11 is 5.79. The minimum atomic E-state index is 0.294. The molecule has 6 heteroatoms. The molecule has 14 heavy (non-hydrogen) atoms. The molecule has 1 N–H and O–H groups in total. The Hall–Kier alpha value is -1.07. The summed E-state index contributed by atoms with van der Waals surface area (Å²) in [6.07, 6.45) is 1.37. The molecule has 5 nitrogen and oxygen atoms in total. The largest absolute Gasteiger partial charge is 0.490 e. The highest BCUT2D eigenvalue weighted by molar-refractivity contribution is 6.31. The van der Waals surface area contributed by atoms with Crippen LogP contribution < -0.4 is 10.1 Å². The van der Waals surface area contributed by atoms with Gasteiger partial charge >= 0.3 is 0 Å². The first-order chi connectivity index (χ1) is 6.79. The molecule has 0 aromatic carbocycles. The Kier molecular flexibility index (Phi) is 4.42. The van der Waals surface area contributed by atoms with Gasteiger partial charge in [-0.05, 0) is 0 Å². The van der Waals surface area contributed by atoms with Crippen LogP contribution in [0.15, 0.2) is 6.33 Å². The van der Waals surface area contributed by atoms with Crippen molar-refractivity contribution < 1.29 is 9.47 Å². The second-order valence-electron chi connectivity index (χ2n) is 2.47. The Morgan fingerprint density at radius 3 is 2.86 bits per heavy atom. The van der Waals surface area contributed by atoms with Crippen LogP contribution in [0.1, 0.15) is 0 Å². The maximum atomic E-state index is 5.79. The maximum absolute atomic E-state index is 5.79. The molecule has 1 aromatic heterocycles. The van der Waals surface area contributed by atoms with Crippen molar-refractivity contribution in [2.24, 2.45) is 0 Å². The third kappa shape index (κ3) is 2.71. The number of methoxy groups -OCH3 is 2. The van der Waals surface area contributed by atoms with Crippen LogP contribution in [-0.2, 0) is 4.74 Å². The molecule has 0 saturated carbocycles. The van der Waals surface area contributed by atoms with E-state index in [0.717, 1.165) is 0 Å². The van der Waals surface area contributed by atoms with Crippen LogP contribution in [0.3, 0.4) is 0 Å². The molecule has 1 aromatic rings. The van der Waals surface area contributed by atoms with Gasteiger partial charge in [0.25, 0.3) is 0 Å². The number of anilines is 1. The van der Waals surface area contributed by atoms with Gasteiger partial charge in [-0.25, -0.2) is 9.97 Å². The summed E-state index contributed by atoms with van der Waals surface area (Å²) < 4.78 is 9.93. The zero-order chi connectivity index (χ0) is 10.4. The molecule has 0 spiro atoms. The fourth-order valence-electron chi connectivity index (χ4n) is 0.931. The predicted molar refractivity (Wildman–Crippen MR) is 54.0 cm³/mol. The lowest BCUT2D eigenvalue weighted by Crippen LogP contribution is -2.10. The summed E-state index contributed by atoms with van der Waals surface area (Å²) in [5.41, 5.74) is 0. The lowest BCUT2D eigenvalue weighted by atomic mass is 10.5. The summed E-state index contributed by atoms with van der Waals surface area (Å²) in [4.78, 5) is 7.79. The Bertz CT molecular complexity index is 296. The molecule has 0 bridgehead atoms. The van der Waals surface area contributed by atoms with Gasteiger partial charge in [-0.3, -0.25) is 0 Å². The number of nitrogens with one attached hydrogen (secondary N) is 1. The molecule has 78 valence electrons. The third-order valence-corrected chi connectivity index (χ3v) is 1.83. The van der Waals surface area contributed by atoms with Gasteiger partial charge in [0.1, 0.15) is 6.33 Å². The van der Waals surface area contributed by atoms with E-state index in [4.69, 9.17) is 21.1 Å². The lowest BCUT2D eigenvalue weighted by molar-refractivity contribution is 0.210. The van der Waals surface area contributed by atoms with E-state index in [9.17, 15) is 0 Å². The van der Waals surface area contributed by atoms with Crippen molar-refractivity contribution in [2.75, 3.05) is 32.7 Å². The van der Waals surface area contributed by atoms with E-state index in [1.807, 2.05) is 0 Å². The zero-order valence-electron chi connectivity index (χ0n) is 8.08. The van der Waals surface area contributed by atoms with E-state index in [-0.39, 0.29) is 0 Å². The highest BCUT2D eigenvalue weighted by Crippen LogP contribution is 2.27. The van der Waals surface area contributed by atoms with Gasteiger partial charge in [-0.2, -0.15) is 0 Å². The molecule has 1 rings (SSSR count). The van der Waals surface area contributed by atoms with Crippen molar-refractivity contribution in [3.05, 3.63) is 11.5 Å². The van der Waals surface area contributed by atoms with E-state index in [1.54, 1.807) is 7.11 Å². The molecule has 1 heterocycles. The molecule has 0 aliphatic heterocycles. The van der Waals surface area contributed by atoms with E-state index in [0.29, 0.717) is 29.9 Å². The minimum absolute atomic E-state index is 0.294. The van der Waals surface area contributed by atoms with Gasteiger partial charge in [0.2, 0.25) is 0 Å². The number of rotatable bonds is 5. The van der Waals surface area contributed by atoms with Crippen LogP contribution in [0.2, 0.25) is 5.15 Å². The van der Waals surface area contributed by atoms with Crippen molar-refractivity contribution in [2.45, 2.75) is 0 Å². The first-order valence-corrected chi connectivity index (χ1v) is 4.44. The van der Waals surface area contributed by atoms with Gasteiger partial charge < -0.3 is 14.8 Å². The molecule has 0 fully saturated rings. The van der Waals surface area contributed by atoms with Crippen molar-refractivity contribution in [1.29, 1.82) is 0 Å². The fraction of sp³-hybridized carbons (Fsp3) is 0.500. The number of aromatic nitrogens is 2. The van der Waals surface area contributed by atoms with Gasteiger partial charge in [-0.15, -0.1) is 0 Å². The molecule has 0 aliphatic carbocycles. The Morgan fingerprint density at radius 1 is 1.43 bits per heavy atom. The Labute approximate surface area is 87.4 Å². The average molecular weight is 218 g/mol. The van der Waals surface area contributed by atoms with Gasteiger partial charge in [0, 0.05) is 13.7 Å². The van der Waals surface area contributed by atoms with Gasteiger partial charge in [0.15, 0.2) is 16.7 Å². The second-order valence-corrected chi connectivity index (χ2v) is 2.82. The number of ether oxygens (including phenoxy) is 2. The van der Waals surface area contributed by atoms with Crippen LogP contribution in [0.4, 0.5) is 5.82 Å². The quantitative estimate of drug-likeness (QED) is 0.593. The van der Waals surface area contributed by atoms with Crippen LogP contribution in [0.5, 0.6) is 5.75 Å². The van der Waals surface area contributed by atoms with E-state index in [2.05, 4.69) is 15.3 Å². The fourth-order valence-corrected chi connectivity index (χ4v) is 1.14. The Balaban J connectivity index is 2.70. The monoisotopic (exact) mass is 217 g/mol. The molecular formula is C8H12ClN3O2. The summed E-state index contributed by atoms with van der Waals surface area (Å²) in [6.45, 7) is 1.23. The number of halogens is 1. The summed E-state index contributed by atoms with van der Waals surface area (Å²) in [7, 11) is 3.15. The molecular weight excluding hydrogens is 206 g/mol. The molecule has 0 saturated heterocycles. The first-order valence-electron chi connectivity index (χ1n) is 4.07. The second kappa shape index (κ2) is 5.62. The number of nitrogens with zero attached hydrogens (tertiary/aromatic N) is 2. The molecule has 0 atom stereocenters. The van der Waals surface area contributed by atoms with Gasteiger partial charge in [-0.1, -0.05) is 11.6 Å². The summed E-state index contributed by atoms with van der Waals surface area (Å²) in [6, 6.07) is 0. The highest BCUT2D eigenvalue weighted by atomic mass is 35.5. The average Bonchev–Trinajstić information content (AvgIpc) is 2.18. The van der Waals surface area contributed by atoms with E-state index in [1.165, 1.54) is 13.4 Å². The number of hydrogen-bond donors (Lipinski definition) is 1. The number of hydrogen-bond acceptors (Lipinski definition) is 5. The van der Waals surface area contributed by atoms with E-state index >= 15 is 0 Å². The van der Waals surface area contributed by atoms with E-state index < -0.39 is 0 Å². The SMILES string of the molecule is COCCNc1ncnc(Cl)c1OC. The van der Waals surface area contributed by atoms with Crippen LogP contribution in [-0.4, -0.2) is 37.3 Å². The molecule has 0 unspecified atom stereocenters. The summed E-state index contributed by atoms with van der Waals surface area (Å²) in [5.74, 6) is 1.02. The van der Waals surface area contributed by atoms with Crippen LogP contribution in [0.25, 0.3) is 0 Å². The van der Waals surface area contributed by atoms with Crippen LogP contribution in [0, 0.1) is 0 Å².